The van der Waals surface area contributed by atoms with E-state index in [2.05, 4.69) is 0 Å². The minimum absolute atomic E-state index is 0.0508. The van der Waals surface area contributed by atoms with Crippen LogP contribution in [0.3, 0.4) is 0 Å². The molecule has 1 N–H and O–H groups in total. The quantitative estimate of drug-likeness (QED) is 0.901. The topological polar surface area (TPSA) is 54.4 Å². The maximum absolute atomic E-state index is 11.9. The van der Waals surface area contributed by atoms with Crippen LogP contribution in [-0.2, 0) is 16.0 Å². The number of aliphatic carboxylic acids is 1. The SMILES string of the molecule is CC(C)(CC(=O)Cc1c(Cl)cccc1Cl)C(=O)O. The highest BCUT2D eigenvalue weighted by atomic mass is 35.5. The summed E-state index contributed by atoms with van der Waals surface area (Å²) in [7, 11) is 0. The monoisotopic (exact) mass is 288 g/mol. The van der Waals surface area contributed by atoms with E-state index in [0.717, 1.165) is 0 Å². The van der Waals surface area contributed by atoms with Gasteiger partial charge in [0.05, 0.1) is 5.41 Å². The summed E-state index contributed by atoms with van der Waals surface area (Å²) in [5.74, 6) is -1.20. The van der Waals surface area contributed by atoms with Gasteiger partial charge in [0.15, 0.2) is 0 Å². The minimum atomic E-state index is -1.08. The predicted octanol–water partition coefficient (Wildman–Crippen LogP) is 3.61. The summed E-state index contributed by atoms with van der Waals surface area (Å²) in [5.41, 5.74) is -0.530. The van der Waals surface area contributed by atoms with E-state index >= 15 is 0 Å². The van der Waals surface area contributed by atoms with Crippen molar-refractivity contribution in [3.63, 3.8) is 0 Å². The molecule has 0 saturated heterocycles. The molecule has 0 aromatic heterocycles. The van der Waals surface area contributed by atoms with E-state index in [-0.39, 0.29) is 18.6 Å². The van der Waals surface area contributed by atoms with Gasteiger partial charge < -0.3 is 5.11 Å². The molecule has 1 rings (SSSR count). The van der Waals surface area contributed by atoms with Crippen LogP contribution in [0.5, 0.6) is 0 Å². The molecule has 0 aliphatic rings. The van der Waals surface area contributed by atoms with E-state index < -0.39 is 11.4 Å². The largest absolute Gasteiger partial charge is 0.481 e. The molecule has 18 heavy (non-hydrogen) atoms. The lowest BCUT2D eigenvalue weighted by Crippen LogP contribution is -2.27. The zero-order valence-electron chi connectivity index (χ0n) is 10.2. The molecule has 0 fully saturated rings. The Morgan fingerprint density at radius 1 is 1.22 bits per heavy atom. The molecular formula is C13H14Cl2O3. The fourth-order valence-electron chi connectivity index (χ4n) is 1.53. The zero-order valence-corrected chi connectivity index (χ0v) is 11.7. The van der Waals surface area contributed by atoms with Gasteiger partial charge in [0, 0.05) is 22.9 Å². The van der Waals surface area contributed by atoms with Crippen LogP contribution in [0.25, 0.3) is 0 Å². The molecular weight excluding hydrogens is 275 g/mol. The lowest BCUT2D eigenvalue weighted by atomic mass is 9.86. The Bertz CT molecular complexity index is 461. The molecule has 0 unspecified atom stereocenters. The first-order valence-corrected chi connectivity index (χ1v) is 6.17. The summed E-state index contributed by atoms with van der Waals surface area (Å²) < 4.78 is 0. The van der Waals surface area contributed by atoms with Crippen LogP contribution in [0.4, 0.5) is 0 Å². The molecule has 1 aromatic carbocycles. The van der Waals surface area contributed by atoms with Crippen molar-refractivity contribution in [2.24, 2.45) is 5.41 Å². The van der Waals surface area contributed by atoms with Gasteiger partial charge >= 0.3 is 5.97 Å². The number of ketones is 1. The maximum atomic E-state index is 11.9. The van der Waals surface area contributed by atoms with Gasteiger partial charge in [0.25, 0.3) is 0 Å². The standard InChI is InChI=1S/C13H14Cl2O3/c1-13(2,12(17)18)7-8(16)6-9-10(14)4-3-5-11(9)15/h3-5H,6-7H2,1-2H3,(H,17,18). The summed E-state index contributed by atoms with van der Waals surface area (Å²) in [6.45, 7) is 3.03. The van der Waals surface area contributed by atoms with Gasteiger partial charge in [-0.25, -0.2) is 0 Å². The Morgan fingerprint density at radius 3 is 2.17 bits per heavy atom. The van der Waals surface area contributed by atoms with Crippen LogP contribution in [0, 0.1) is 5.41 Å². The first-order chi connectivity index (χ1) is 8.24. The third-order valence-corrected chi connectivity index (χ3v) is 3.36. The Kier molecular flexibility index (Phi) is 4.77. The minimum Gasteiger partial charge on any atom is -0.481 e. The number of Topliss-reactive ketones (excluding diaryl/α,β-unsaturated/α-hetero) is 1. The van der Waals surface area contributed by atoms with E-state index in [4.69, 9.17) is 28.3 Å². The molecule has 3 nitrogen and oxygen atoms in total. The molecule has 5 heteroatoms. The van der Waals surface area contributed by atoms with Gasteiger partial charge in [0.1, 0.15) is 5.78 Å². The highest BCUT2D eigenvalue weighted by molar-refractivity contribution is 6.36. The van der Waals surface area contributed by atoms with Crippen molar-refractivity contribution in [1.29, 1.82) is 0 Å². The van der Waals surface area contributed by atoms with Crippen molar-refractivity contribution in [2.75, 3.05) is 0 Å². The molecule has 1 aromatic rings. The van der Waals surface area contributed by atoms with Crippen LogP contribution in [-0.4, -0.2) is 16.9 Å². The van der Waals surface area contributed by atoms with Crippen molar-refractivity contribution < 1.29 is 14.7 Å². The number of hydrogen-bond donors (Lipinski definition) is 1. The van der Waals surface area contributed by atoms with Crippen LogP contribution in [0.1, 0.15) is 25.8 Å². The average molecular weight is 289 g/mol. The molecule has 0 heterocycles. The Morgan fingerprint density at radius 2 is 1.72 bits per heavy atom. The second-order valence-corrected chi connectivity index (χ2v) is 5.60. The molecule has 0 spiro atoms. The summed E-state index contributed by atoms with van der Waals surface area (Å²) in [6.07, 6.45) is -0.000891. The molecule has 0 aliphatic heterocycles. The number of carbonyl (C=O) groups excluding carboxylic acids is 1. The third kappa shape index (κ3) is 3.72. The second-order valence-electron chi connectivity index (χ2n) is 4.78. The number of carboxylic acid groups (broad SMARTS) is 1. The number of halogens is 2. The second kappa shape index (κ2) is 5.72. The molecule has 98 valence electrons. The normalized spacial score (nSPS) is 11.3. The molecule has 0 aliphatic carbocycles. The van der Waals surface area contributed by atoms with Gasteiger partial charge in [-0.2, -0.15) is 0 Å². The summed E-state index contributed by atoms with van der Waals surface area (Å²) in [4.78, 5) is 22.8. The molecule has 0 saturated carbocycles. The van der Waals surface area contributed by atoms with Crippen LogP contribution in [0.2, 0.25) is 10.0 Å². The van der Waals surface area contributed by atoms with Gasteiger partial charge in [-0.05, 0) is 31.5 Å². The smallest absolute Gasteiger partial charge is 0.309 e. The Hall–Kier alpha value is -1.06. The van der Waals surface area contributed by atoms with Gasteiger partial charge in [-0.15, -0.1) is 0 Å². The van der Waals surface area contributed by atoms with Crippen molar-refractivity contribution in [3.8, 4) is 0 Å². The first kappa shape index (κ1) is 15.0. The van der Waals surface area contributed by atoms with E-state index in [1.165, 1.54) is 13.8 Å². The van der Waals surface area contributed by atoms with Crippen molar-refractivity contribution in [1.82, 2.24) is 0 Å². The molecule has 0 amide bonds. The number of benzene rings is 1. The fraction of sp³-hybridized carbons (Fsp3) is 0.385. The van der Waals surface area contributed by atoms with Crippen molar-refractivity contribution in [3.05, 3.63) is 33.8 Å². The Labute approximate surface area is 116 Å². The summed E-state index contributed by atoms with van der Waals surface area (Å²) >= 11 is 11.9. The Balaban J connectivity index is 2.80. The maximum Gasteiger partial charge on any atom is 0.309 e. The average Bonchev–Trinajstić information content (AvgIpc) is 2.22. The number of hydrogen-bond acceptors (Lipinski definition) is 2. The van der Waals surface area contributed by atoms with Gasteiger partial charge in [0.2, 0.25) is 0 Å². The number of carboxylic acids is 1. The van der Waals surface area contributed by atoms with Crippen LogP contribution in [0.15, 0.2) is 18.2 Å². The third-order valence-electron chi connectivity index (χ3n) is 2.65. The summed E-state index contributed by atoms with van der Waals surface area (Å²) in [6, 6.07) is 5.00. The lowest BCUT2D eigenvalue weighted by molar-refractivity contribution is -0.149. The predicted molar refractivity (Wildman–Crippen MR) is 71.2 cm³/mol. The van der Waals surface area contributed by atoms with E-state index in [1.807, 2.05) is 0 Å². The molecule has 0 atom stereocenters. The van der Waals surface area contributed by atoms with Crippen LogP contribution < -0.4 is 0 Å². The van der Waals surface area contributed by atoms with Crippen LogP contribution >= 0.6 is 23.2 Å². The van der Waals surface area contributed by atoms with Gasteiger partial charge in [-0.3, -0.25) is 9.59 Å². The van der Waals surface area contributed by atoms with Crippen molar-refractivity contribution in [2.45, 2.75) is 26.7 Å². The number of rotatable bonds is 5. The molecule has 0 bridgehead atoms. The van der Waals surface area contributed by atoms with E-state index in [0.29, 0.717) is 15.6 Å². The highest BCUT2D eigenvalue weighted by Crippen LogP contribution is 2.27. The number of carbonyl (C=O) groups is 2. The van der Waals surface area contributed by atoms with E-state index in [1.54, 1.807) is 18.2 Å². The fourth-order valence-corrected chi connectivity index (χ4v) is 2.06. The zero-order chi connectivity index (χ0) is 13.9. The van der Waals surface area contributed by atoms with Crippen molar-refractivity contribution >= 4 is 35.0 Å². The van der Waals surface area contributed by atoms with Gasteiger partial charge in [-0.1, -0.05) is 29.3 Å². The lowest BCUT2D eigenvalue weighted by Gasteiger charge is -2.18. The first-order valence-electron chi connectivity index (χ1n) is 5.42. The summed E-state index contributed by atoms with van der Waals surface area (Å²) in [5, 5.41) is 9.80. The van der Waals surface area contributed by atoms with E-state index in [9.17, 15) is 9.59 Å². The molecule has 0 radical (unpaired) electrons. The highest BCUT2D eigenvalue weighted by Gasteiger charge is 2.30.